The van der Waals surface area contributed by atoms with Gasteiger partial charge in [0.25, 0.3) is 6.01 Å². The molecule has 1 aliphatic heterocycles. The Kier molecular flexibility index (Phi) is 4.96. The van der Waals surface area contributed by atoms with Crippen molar-refractivity contribution in [1.82, 2.24) is 9.71 Å². The van der Waals surface area contributed by atoms with Gasteiger partial charge in [0, 0.05) is 24.5 Å². The van der Waals surface area contributed by atoms with Crippen LogP contribution in [0.3, 0.4) is 0 Å². The molecule has 1 aliphatic rings. The minimum absolute atomic E-state index is 0.0259. The largest absolute Gasteiger partial charge is 0.423 e. The van der Waals surface area contributed by atoms with Crippen LogP contribution in [0.15, 0.2) is 64.4 Å². The first-order valence-corrected chi connectivity index (χ1v) is 10.5. The summed E-state index contributed by atoms with van der Waals surface area (Å²) in [4.78, 5) is 6.58. The average molecular weight is 383 g/mol. The van der Waals surface area contributed by atoms with Crippen LogP contribution >= 0.6 is 0 Å². The van der Waals surface area contributed by atoms with Crippen molar-refractivity contribution in [2.75, 3.05) is 18.0 Å². The van der Waals surface area contributed by atoms with Gasteiger partial charge in [-0.3, -0.25) is 0 Å². The summed E-state index contributed by atoms with van der Waals surface area (Å²) in [6.07, 6.45) is 3.46. The zero-order valence-electron chi connectivity index (χ0n) is 14.8. The van der Waals surface area contributed by atoms with E-state index >= 15 is 0 Å². The zero-order valence-corrected chi connectivity index (χ0v) is 15.6. The van der Waals surface area contributed by atoms with Crippen LogP contribution in [0.4, 0.5) is 6.01 Å². The molecule has 1 unspecified atom stereocenters. The highest BCUT2D eigenvalue weighted by molar-refractivity contribution is 7.92. The molecule has 7 heteroatoms. The Balaban J connectivity index is 1.43. The van der Waals surface area contributed by atoms with Gasteiger partial charge >= 0.3 is 0 Å². The van der Waals surface area contributed by atoms with Crippen molar-refractivity contribution in [3.05, 3.63) is 65.6 Å². The highest BCUT2D eigenvalue weighted by Crippen LogP contribution is 2.28. The van der Waals surface area contributed by atoms with Crippen LogP contribution in [0, 0.1) is 0 Å². The molecule has 2 aromatic carbocycles. The van der Waals surface area contributed by atoms with E-state index in [0.717, 1.165) is 36.0 Å². The summed E-state index contributed by atoms with van der Waals surface area (Å²) < 4.78 is 33.1. The third kappa shape index (κ3) is 4.20. The first-order chi connectivity index (χ1) is 13.1. The van der Waals surface area contributed by atoms with Gasteiger partial charge in [-0.2, -0.15) is 4.98 Å². The van der Waals surface area contributed by atoms with Crippen molar-refractivity contribution >= 4 is 33.2 Å². The number of anilines is 1. The van der Waals surface area contributed by atoms with Crippen molar-refractivity contribution < 1.29 is 12.8 Å². The van der Waals surface area contributed by atoms with Gasteiger partial charge in [-0.15, -0.1) is 0 Å². The summed E-state index contributed by atoms with van der Waals surface area (Å²) in [7, 11) is -3.51. The minimum atomic E-state index is -3.51. The Morgan fingerprint density at radius 1 is 1.15 bits per heavy atom. The second-order valence-corrected chi connectivity index (χ2v) is 8.21. The molecular weight excluding hydrogens is 362 g/mol. The van der Waals surface area contributed by atoms with E-state index < -0.39 is 10.0 Å². The summed E-state index contributed by atoms with van der Waals surface area (Å²) >= 11 is 0. The molecule has 1 aromatic heterocycles. The van der Waals surface area contributed by atoms with Crippen molar-refractivity contribution in [2.45, 2.75) is 18.9 Å². The summed E-state index contributed by atoms with van der Waals surface area (Å²) in [6.45, 7) is 1.12. The van der Waals surface area contributed by atoms with Gasteiger partial charge < -0.3 is 9.32 Å². The SMILES string of the molecule is O=S(=O)(/C=C/c1ccccc1)NCC1CCCN1c1nc2ccccc2o1. The Hall–Kier alpha value is -2.64. The van der Waals surface area contributed by atoms with Crippen LogP contribution in [-0.2, 0) is 10.0 Å². The zero-order chi connectivity index (χ0) is 18.7. The van der Waals surface area contributed by atoms with Crippen LogP contribution < -0.4 is 9.62 Å². The number of nitrogens with one attached hydrogen (secondary N) is 1. The van der Waals surface area contributed by atoms with Crippen LogP contribution in [0.2, 0.25) is 0 Å². The van der Waals surface area contributed by atoms with E-state index in [0.29, 0.717) is 12.6 Å². The van der Waals surface area contributed by atoms with E-state index in [9.17, 15) is 8.42 Å². The molecule has 27 heavy (non-hydrogen) atoms. The number of rotatable bonds is 6. The topological polar surface area (TPSA) is 75.4 Å². The van der Waals surface area contributed by atoms with E-state index in [1.807, 2.05) is 59.5 Å². The highest BCUT2D eigenvalue weighted by atomic mass is 32.2. The fraction of sp³-hybridized carbons (Fsp3) is 0.250. The summed E-state index contributed by atoms with van der Waals surface area (Å²) in [5.41, 5.74) is 2.39. The third-order valence-electron chi connectivity index (χ3n) is 4.66. The fourth-order valence-corrected chi connectivity index (χ4v) is 4.13. The smallest absolute Gasteiger partial charge is 0.298 e. The number of sulfonamides is 1. The Bertz CT molecular complexity index is 1010. The number of hydrogen-bond acceptors (Lipinski definition) is 5. The number of oxazole rings is 1. The molecule has 0 radical (unpaired) electrons. The molecule has 1 saturated heterocycles. The lowest BCUT2D eigenvalue weighted by Gasteiger charge is -2.22. The van der Waals surface area contributed by atoms with Crippen LogP contribution in [-0.4, -0.2) is 32.5 Å². The summed E-state index contributed by atoms with van der Waals surface area (Å²) in [5, 5.41) is 1.21. The van der Waals surface area contributed by atoms with Crippen molar-refractivity contribution in [3.8, 4) is 0 Å². The summed E-state index contributed by atoms with van der Waals surface area (Å²) in [6, 6.07) is 17.6. The first-order valence-electron chi connectivity index (χ1n) is 8.96. The number of aromatic nitrogens is 1. The molecule has 1 fully saturated rings. The number of para-hydroxylation sites is 2. The van der Waals surface area contributed by atoms with Crippen LogP contribution in [0.5, 0.6) is 0 Å². The molecule has 0 saturated carbocycles. The van der Waals surface area contributed by atoms with Gasteiger partial charge in [-0.1, -0.05) is 42.5 Å². The number of hydrogen-bond donors (Lipinski definition) is 1. The van der Waals surface area contributed by atoms with E-state index in [4.69, 9.17) is 4.42 Å². The first kappa shape index (κ1) is 17.8. The lowest BCUT2D eigenvalue weighted by molar-refractivity contribution is 0.536. The predicted octanol–water partition coefficient (Wildman–Crippen LogP) is 3.39. The van der Waals surface area contributed by atoms with Gasteiger partial charge in [0.05, 0.1) is 0 Å². The normalized spacial score (nSPS) is 17.9. The second-order valence-electron chi connectivity index (χ2n) is 6.56. The van der Waals surface area contributed by atoms with E-state index in [1.165, 1.54) is 5.41 Å². The van der Waals surface area contributed by atoms with Crippen LogP contribution in [0.25, 0.3) is 17.2 Å². The molecule has 2 heterocycles. The van der Waals surface area contributed by atoms with Crippen molar-refractivity contribution in [2.24, 2.45) is 0 Å². The van der Waals surface area contributed by atoms with Gasteiger partial charge in [0.1, 0.15) is 5.52 Å². The molecular formula is C20H21N3O3S. The third-order valence-corrected chi connectivity index (χ3v) is 5.73. The van der Waals surface area contributed by atoms with E-state index in [-0.39, 0.29) is 6.04 Å². The number of nitrogens with zero attached hydrogens (tertiary/aromatic N) is 2. The number of benzene rings is 2. The van der Waals surface area contributed by atoms with E-state index in [1.54, 1.807) is 6.08 Å². The average Bonchev–Trinajstić information content (AvgIpc) is 3.32. The summed E-state index contributed by atoms with van der Waals surface area (Å²) in [5.74, 6) is 0. The maximum Gasteiger partial charge on any atom is 0.298 e. The van der Waals surface area contributed by atoms with Gasteiger partial charge in [0.15, 0.2) is 5.58 Å². The highest BCUT2D eigenvalue weighted by Gasteiger charge is 2.29. The minimum Gasteiger partial charge on any atom is -0.423 e. The Morgan fingerprint density at radius 3 is 2.74 bits per heavy atom. The maximum atomic E-state index is 12.3. The molecule has 0 spiro atoms. The predicted molar refractivity (Wildman–Crippen MR) is 107 cm³/mol. The quantitative estimate of drug-likeness (QED) is 0.706. The molecule has 1 atom stereocenters. The molecule has 0 amide bonds. The van der Waals surface area contributed by atoms with Crippen molar-refractivity contribution in [3.63, 3.8) is 0 Å². The molecule has 1 N–H and O–H groups in total. The maximum absolute atomic E-state index is 12.3. The van der Waals surface area contributed by atoms with Gasteiger partial charge in [-0.25, -0.2) is 13.1 Å². The van der Waals surface area contributed by atoms with Gasteiger partial charge in [0.2, 0.25) is 10.0 Å². The Morgan fingerprint density at radius 2 is 1.93 bits per heavy atom. The molecule has 3 aromatic rings. The molecule has 4 rings (SSSR count). The standard InChI is InChI=1S/C20H21N3O3S/c24-27(25,14-12-16-7-2-1-3-8-16)21-15-17-9-6-13-23(17)20-22-18-10-4-5-11-19(18)26-20/h1-5,7-8,10-12,14,17,21H,6,9,13,15H2/b14-12+. The molecule has 6 nitrogen and oxygen atoms in total. The molecule has 0 aliphatic carbocycles. The Labute approximate surface area is 158 Å². The van der Waals surface area contributed by atoms with E-state index in [2.05, 4.69) is 9.71 Å². The lowest BCUT2D eigenvalue weighted by Crippen LogP contribution is -2.39. The number of fused-ring (bicyclic) bond motifs is 1. The monoisotopic (exact) mass is 383 g/mol. The van der Waals surface area contributed by atoms with Crippen LogP contribution in [0.1, 0.15) is 18.4 Å². The second kappa shape index (κ2) is 7.54. The fourth-order valence-electron chi connectivity index (χ4n) is 3.28. The molecule has 140 valence electrons. The lowest BCUT2D eigenvalue weighted by atomic mass is 10.2. The molecule has 0 bridgehead atoms. The van der Waals surface area contributed by atoms with Gasteiger partial charge in [-0.05, 0) is 36.6 Å². The van der Waals surface area contributed by atoms with Crippen molar-refractivity contribution in [1.29, 1.82) is 0 Å².